The van der Waals surface area contributed by atoms with Crippen molar-refractivity contribution in [2.75, 3.05) is 9.80 Å². The van der Waals surface area contributed by atoms with Crippen molar-refractivity contribution < 1.29 is 30.2 Å². The monoisotopic (exact) mass is 1020 g/mol. The van der Waals surface area contributed by atoms with E-state index in [1.54, 1.807) is 0 Å². The molecule has 7 heteroatoms. The molecule has 65 heavy (non-hydrogen) atoms. The Bertz CT molecular complexity index is 3420. The summed E-state index contributed by atoms with van der Waals surface area (Å²) in [6, 6.07) is 65.6. The number of anilines is 4. The second-order valence-electron chi connectivity index (χ2n) is 18.5. The van der Waals surface area contributed by atoms with Gasteiger partial charge in [-0.1, -0.05) is 114 Å². The Balaban J connectivity index is 0.00000423. The van der Waals surface area contributed by atoms with Crippen LogP contribution in [0.1, 0.15) is 43.2 Å². The Morgan fingerprint density at radius 3 is 2.06 bits per heavy atom. The van der Waals surface area contributed by atoms with Crippen LogP contribution in [-0.4, -0.2) is 9.55 Å². The number of para-hydroxylation sites is 5. The molecule has 1 aliphatic heterocycles. The number of pyridine rings is 1. The normalized spacial score (nSPS) is 22.0. The van der Waals surface area contributed by atoms with Crippen LogP contribution in [0.5, 0.6) is 11.5 Å². The van der Waals surface area contributed by atoms with Crippen molar-refractivity contribution in [3.05, 3.63) is 200 Å². The number of furan rings is 1. The molecule has 4 saturated carbocycles. The van der Waals surface area contributed by atoms with E-state index < -0.39 is 0 Å². The topological polar surface area (TPSA) is 46.7 Å². The van der Waals surface area contributed by atoms with Crippen LogP contribution < -0.4 is 14.5 Å². The summed E-state index contributed by atoms with van der Waals surface area (Å²) in [4.78, 5) is 9.57. The van der Waals surface area contributed by atoms with Crippen molar-refractivity contribution in [1.82, 2.24) is 9.55 Å². The number of nitrogens with zero attached hydrogens (tertiary/aromatic N) is 4. The molecular weight excluding hydrogens is 980 g/mol. The largest absolute Gasteiger partial charge is 0.512 e. The van der Waals surface area contributed by atoms with E-state index in [0.29, 0.717) is 28.9 Å². The van der Waals surface area contributed by atoms with Gasteiger partial charge in [-0.25, -0.2) is 4.98 Å². The average Bonchev–Trinajstić information content (AvgIpc) is 4.02. The molecule has 0 amide bonds. The Labute approximate surface area is 392 Å². The van der Waals surface area contributed by atoms with Gasteiger partial charge in [-0.15, -0.1) is 36.3 Å². The molecule has 0 unspecified atom stereocenters. The van der Waals surface area contributed by atoms with Crippen LogP contribution in [0.4, 0.5) is 22.7 Å². The molecular formula is C58H43N4O2Pt-3. The molecule has 4 fully saturated rings. The number of benzene rings is 7. The first-order valence-electron chi connectivity index (χ1n) is 22.8. The van der Waals surface area contributed by atoms with Gasteiger partial charge in [-0.2, -0.15) is 6.07 Å². The Kier molecular flexibility index (Phi) is 8.94. The molecule has 0 spiro atoms. The minimum absolute atomic E-state index is 0. The van der Waals surface area contributed by atoms with E-state index in [0.717, 1.165) is 78.6 Å². The van der Waals surface area contributed by atoms with Crippen molar-refractivity contribution in [3.63, 3.8) is 0 Å². The zero-order valence-corrected chi connectivity index (χ0v) is 37.8. The fourth-order valence-corrected chi connectivity index (χ4v) is 12.9. The second kappa shape index (κ2) is 15.0. The van der Waals surface area contributed by atoms with Crippen LogP contribution in [0.25, 0.3) is 49.6 Å². The summed E-state index contributed by atoms with van der Waals surface area (Å²) in [5.74, 6) is 4.94. The summed E-state index contributed by atoms with van der Waals surface area (Å²) >= 11 is 0. The summed E-state index contributed by atoms with van der Waals surface area (Å²) in [5, 5.41) is 4.22. The van der Waals surface area contributed by atoms with Gasteiger partial charge in [-0.05, 0) is 121 Å². The van der Waals surface area contributed by atoms with Crippen molar-refractivity contribution in [2.45, 2.75) is 37.5 Å². The predicted octanol–water partition coefficient (Wildman–Crippen LogP) is 14.6. The van der Waals surface area contributed by atoms with E-state index in [1.807, 2.05) is 30.5 Å². The molecule has 4 aliphatic carbocycles. The maximum absolute atomic E-state index is 6.98. The van der Waals surface area contributed by atoms with E-state index in [4.69, 9.17) is 14.1 Å². The molecule has 0 N–H and O–H groups in total. The quantitative estimate of drug-likeness (QED) is 0.149. The van der Waals surface area contributed by atoms with Crippen molar-refractivity contribution in [3.8, 4) is 17.3 Å². The summed E-state index contributed by atoms with van der Waals surface area (Å²) in [6.07, 6.45) is 8.72. The van der Waals surface area contributed by atoms with E-state index >= 15 is 0 Å². The predicted molar refractivity (Wildman–Crippen MR) is 256 cm³/mol. The van der Waals surface area contributed by atoms with E-state index in [1.165, 1.54) is 43.2 Å². The van der Waals surface area contributed by atoms with Gasteiger partial charge in [-0.3, -0.25) is 0 Å². The summed E-state index contributed by atoms with van der Waals surface area (Å²) in [6.45, 7) is 2.13. The summed E-state index contributed by atoms with van der Waals surface area (Å²) in [7, 11) is 0. The molecule has 3 aromatic heterocycles. The molecule has 0 saturated heterocycles. The van der Waals surface area contributed by atoms with Gasteiger partial charge in [0.15, 0.2) is 0 Å². The number of hydrogen-bond acceptors (Lipinski definition) is 5. The minimum atomic E-state index is -0.0344. The number of ether oxygens (including phenoxy) is 1. The molecule has 6 nitrogen and oxygen atoms in total. The van der Waals surface area contributed by atoms with Crippen LogP contribution >= 0.6 is 0 Å². The fourth-order valence-electron chi connectivity index (χ4n) is 12.9. The standard InChI is InChI=1S/C58H43N4O2.Pt/c1-3-13-39(14-4-1)58(41-28-37-27-38(30-41)31-42(58)29-37)40-25-26-59-56(32-40)62-50-19-9-7-17-46(50)47-24-23-45(35-53(47)62)63-55-34-44(33-49-48-18-8-12-22-54(48)64-57(49)55)61-36-60(43-15-5-2-6-16-43)51-20-10-11-21-52(51)61;/h1-26,32-33,36-38,41-42H,27-31H2;/q-3;. The Hall–Kier alpha value is -6.62. The van der Waals surface area contributed by atoms with E-state index in [2.05, 4.69) is 173 Å². The molecule has 4 heterocycles. The van der Waals surface area contributed by atoms with Crippen LogP contribution in [-0.2, 0) is 26.5 Å². The first-order chi connectivity index (χ1) is 31.7. The maximum Gasteiger partial charge on any atom is 0.135 e. The van der Waals surface area contributed by atoms with Crippen LogP contribution in [0.15, 0.2) is 174 Å². The smallest absolute Gasteiger partial charge is 0.135 e. The van der Waals surface area contributed by atoms with Gasteiger partial charge in [0.2, 0.25) is 0 Å². The third-order valence-corrected chi connectivity index (χ3v) is 15.2. The summed E-state index contributed by atoms with van der Waals surface area (Å²) in [5.41, 5.74) is 10.3. The first kappa shape index (κ1) is 38.8. The van der Waals surface area contributed by atoms with Crippen LogP contribution in [0.2, 0.25) is 0 Å². The zero-order chi connectivity index (χ0) is 41.9. The van der Waals surface area contributed by atoms with Gasteiger partial charge in [0.25, 0.3) is 0 Å². The first-order valence-corrected chi connectivity index (χ1v) is 22.8. The third-order valence-electron chi connectivity index (χ3n) is 15.2. The van der Waals surface area contributed by atoms with Crippen molar-refractivity contribution >= 4 is 66.5 Å². The summed E-state index contributed by atoms with van der Waals surface area (Å²) < 4.78 is 15.9. The van der Waals surface area contributed by atoms with Gasteiger partial charge in [0.1, 0.15) is 11.4 Å². The van der Waals surface area contributed by atoms with E-state index in [-0.39, 0.29) is 26.5 Å². The molecule has 7 aromatic carbocycles. The molecule has 0 radical (unpaired) electrons. The molecule has 15 rings (SSSR count). The Morgan fingerprint density at radius 1 is 0.600 bits per heavy atom. The van der Waals surface area contributed by atoms with Crippen LogP contribution in [0, 0.1) is 42.5 Å². The molecule has 4 bridgehead atoms. The van der Waals surface area contributed by atoms with E-state index in [9.17, 15) is 0 Å². The number of aromatic nitrogens is 2. The average molecular weight is 1020 g/mol. The van der Waals surface area contributed by atoms with Crippen molar-refractivity contribution in [1.29, 1.82) is 0 Å². The molecule has 0 atom stereocenters. The number of rotatable bonds is 7. The van der Waals surface area contributed by atoms with Crippen molar-refractivity contribution in [2.24, 2.45) is 23.7 Å². The van der Waals surface area contributed by atoms with Crippen LogP contribution in [0.3, 0.4) is 0 Å². The molecule has 10 aromatic rings. The zero-order valence-electron chi connectivity index (χ0n) is 35.5. The Morgan fingerprint density at radius 2 is 1.28 bits per heavy atom. The minimum Gasteiger partial charge on any atom is -0.512 e. The molecule has 320 valence electrons. The van der Waals surface area contributed by atoms with Gasteiger partial charge >= 0.3 is 0 Å². The van der Waals surface area contributed by atoms with Gasteiger partial charge < -0.3 is 23.5 Å². The number of hydrogen-bond donors (Lipinski definition) is 0. The molecule has 5 aliphatic rings. The third kappa shape index (κ3) is 5.85. The number of fused-ring (bicyclic) bond motifs is 7. The fraction of sp³-hybridized carbons (Fsp3) is 0.172. The van der Waals surface area contributed by atoms with Gasteiger partial charge in [0.05, 0.1) is 11.3 Å². The maximum atomic E-state index is 6.98. The van der Waals surface area contributed by atoms with Gasteiger partial charge in [0, 0.05) is 66.4 Å². The second-order valence-corrected chi connectivity index (χ2v) is 18.5. The SMILES string of the molecule is [Pt].[c-]1c(N2[CH-]N(c3ccccc3)c3ccccc32)cc2c(oc3ccccc32)c1Oc1[c-]c2c(cc1)c1ccccc1n2-c1cc(C2(c3ccccc3)C3CC4CC(C3)CC2C4)ccn1.